The normalized spacial score (nSPS) is 26.3. The highest BCUT2D eigenvalue weighted by atomic mass is 16.8. The Bertz CT molecular complexity index is 3960. The van der Waals surface area contributed by atoms with Gasteiger partial charge in [0.1, 0.15) is 73.3 Å². The molecule has 20 nitrogen and oxygen atoms in total. The molecule has 9 aromatic rings. The Labute approximate surface area is 586 Å². The van der Waals surface area contributed by atoms with Gasteiger partial charge in [-0.15, -0.1) is 0 Å². The lowest BCUT2D eigenvalue weighted by Gasteiger charge is -2.51. The lowest BCUT2D eigenvalue weighted by atomic mass is 9.95. The average molecular weight is 1370 g/mol. The monoisotopic (exact) mass is 1370 g/mol. The van der Waals surface area contributed by atoms with E-state index in [1.165, 1.54) is 13.3 Å². The summed E-state index contributed by atoms with van der Waals surface area (Å²) in [5, 5.41) is 0. The molecule has 522 valence electrons. The van der Waals surface area contributed by atoms with Gasteiger partial charge in [0, 0.05) is 18.9 Å². The molecule has 0 bridgehead atoms. The molecule has 4 fully saturated rings. The minimum Gasteiger partial charge on any atom is -0.459 e. The highest BCUT2D eigenvalue weighted by Crippen LogP contribution is 2.41. The van der Waals surface area contributed by atoms with Crippen LogP contribution in [0.15, 0.2) is 267 Å². The molecule has 5 heterocycles. The van der Waals surface area contributed by atoms with Gasteiger partial charge in [0.2, 0.25) is 0 Å². The molecule has 20 heteroatoms. The third-order valence-corrected chi connectivity index (χ3v) is 17.7. The molecular formula is C81H79NO19. The van der Waals surface area contributed by atoms with Crippen molar-refractivity contribution in [1.29, 1.82) is 0 Å². The number of esters is 3. The van der Waals surface area contributed by atoms with E-state index >= 15 is 0 Å². The molecule has 0 saturated carbocycles. The molecule has 101 heavy (non-hydrogen) atoms. The van der Waals surface area contributed by atoms with E-state index in [0.717, 1.165) is 27.8 Å². The van der Waals surface area contributed by atoms with Crippen LogP contribution in [0.1, 0.15) is 70.9 Å². The zero-order valence-corrected chi connectivity index (χ0v) is 55.5. The second-order valence-corrected chi connectivity index (χ2v) is 24.6. The fourth-order valence-electron chi connectivity index (χ4n) is 12.6. The number of ether oxygens (including phenoxy) is 16. The molecule has 13 rings (SSSR count). The highest BCUT2D eigenvalue weighted by Gasteiger charge is 2.58. The molecule has 1 aromatic heterocycles. The van der Waals surface area contributed by atoms with Gasteiger partial charge >= 0.3 is 17.9 Å². The van der Waals surface area contributed by atoms with Crippen LogP contribution in [-0.2, 0) is 109 Å². The first-order valence-corrected chi connectivity index (χ1v) is 33.7. The zero-order valence-electron chi connectivity index (χ0n) is 55.5. The Balaban J connectivity index is 0.915. The molecule has 0 spiro atoms. The largest absolute Gasteiger partial charge is 0.459 e. The molecule has 0 aliphatic carbocycles. The van der Waals surface area contributed by atoms with Crippen molar-refractivity contribution in [3.8, 4) is 0 Å². The minimum atomic E-state index is -1.56. The number of rotatable bonds is 29. The Morgan fingerprint density at radius 3 is 1.31 bits per heavy atom. The number of pyridine rings is 1. The second kappa shape index (κ2) is 35.4. The molecule has 0 radical (unpaired) electrons. The van der Waals surface area contributed by atoms with Crippen LogP contribution in [0.2, 0.25) is 0 Å². The van der Waals surface area contributed by atoms with Crippen LogP contribution < -0.4 is 0 Å². The topological polar surface area (TPSA) is 212 Å². The summed E-state index contributed by atoms with van der Waals surface area (Å²) in [6.45, 7) is -0.590. The molecule has 4 saturated heterocycles. The van der Waals surface area contributed by atoms with Gasteiger partial charge in [-0.1, -0.05) is 224 Å². The third kappa shape index (κ3) is 18.5. The summed E-state index contributed by atoms with van der Waals surface area (Å²) in [6, 6.07) is 79.1. The van der Waals surface area contributed by atoms with Crippen molar-refractivity contribution in [2.24, 2.45) is 0 Å². The van der Waals surface area contributed by atoms with Crippen LogP contribution in [0.25, 0.3) is 0 Å². The molecule has 8 aromatic carbocycles. The van der Waals surface area contributed by atoms with Crippen LogP contribution in [0, 0.1) is 0 Å². The second-order valence-electron chi connectivity index (χ2n) is 24.6. The number of benzene rings is 8. The predicted octanol–water partition coefficient (Wildman–Crippen LogP) is 12.0. The van der Waals surface area contributed by atoms with E-state index in [0.29, 0.717) is 5.56 Å². The van der Waals surface area contributed by atoms with Crippen molar-refractivity contribution in [3.63, 3.8) is 0 Å². The van der Waals surface area contributed by atoms with Gasteiger partial charge in [-0.25, -0.2) is 19.4 Å². The van der Waals surface area contributed by atoms with Gasteiger partial charge in [0.25, 0.3) is 0 Å². The first-order chi connectivity index (χ1) is 49.8. The first-order valence-electron chi connectivity index (χ1n) is 33.7. The summed E-state index contributed by atoms with van der Waals surface area (Å²) < 4.78 is 110. The van der Waals surface area contributed by atoms with E-state index in [1.54, 1.807) is 78.9 Å². The standard InChI is InChI=1S/C81H79NO19/c1-86-79-72(89-48-56-32-14-4-15-33-56)69(88-47-55-30-12-3-13-31-55)66(87-46-54-28-10-2-11-29-54)63(95-79)52-94-80-73(90-49-57-34-16-5-17-35-57)71(67(98-76(84)60-40-22-8-23-41-60)64(96-80)51-92-75(83)59-38-20-7-21-39-59)101-81-74(91-50-58-36-18-6-19-37-58)70(99-77(85)62-44-26-27-45-82-62)68-65(97-81)53-93-78(100-68)61-42-24-9-25-43-61/h2-45,63-74,78-81H,46-53H2,1H3/t63-,64-,65-,66-,67-,68-,69+,70+,71+,72-,73+,74+,78?,79+,80-,81+/m1/s1. The van der Waals surface area contributed by atoms with Gasteiger partial charge < -0.3 is 75.8 Å². The van der Waals surface area contributed by atoms with Crippen LogP contribution >= 0.6 is 0 Å². The number of hydrogen-bond acceptors (Lipinski definition) is 20. The van der Waals surface area contributed by atoms with Gasteiger partial charge in [-0.2, -0.15) is 0 Å². The van der Waals surface area contributed by atoms with Gasteiger partial charge in [-0.05, 0) is 64.2 Å². The van der Waals surface area contributed by atoms with Gasteiger partial charge in [0.15, 0.2) is 37.4 Å². The number of hydrogen-bond donors (Lipinski definition) is 0. The Morgan fingerprint density at radius 2 is 0.802 bits per heavy atom. The number of fused-ring (bicyclic) bond motifs is 1. The average Bonchev–Trinajstić information content (AvgIpc) is 0.762. The van der Waals surface area contributed by atoms with E-state index < -0.39 is 123 Å². The van der Waals surface area contributed by atoms with Crippen molar-refractivity contribution in [2.45, 2.75) is 131 Å². The van der Waals surface area contributed by atoms with E-state index in [9.17, 15) is 14.4 Å². The van der Waals surface area contributed by atoms with Gasteiger partial charge in [0.05, 0.1) is 57.4 Å². The van der Waals surface area contributed by atoms with E-state index in [-0.39, 0.29) is 63.1 Å². The highest BCUT2D eigenvalue weighted by molar-refractivity contribution is 5.90. The van der Waals surface area contributed by atoms with Crippen molar-refractivity contribution in [3.05, 3.63) is 317 Å². The third-order valence-electron chi connectivity index (χ3n) is 17.7. The summed E-state index contributed by atoms with van der Waals surface area (Å²) in [4.78, 5) is 48.2. The molecule has 0 N–H and O–H groups in total. The van der Waals surface area contributed by atoms with E-state index in [2.05, 4.69) is 4.98 Å². The fourth-order valence-corrected chi connectivity index (χ4v) is 12.6. The lowest BCUT2D eigenvalue weighted by Crippen LogP contribution is -2.68. The Kier molecular flexibility index (Phi) is 24.6. The van der Waals surface area contributed by atoms with Gasteiger partial charge in [-0.3, -0.25) is 0 Å². The smallest absolute Gasteiger partial charge is 0.357 e. The van der Waals surface area contributed by atoms with Crippen molar-refractivity contribution >= 4 is 17.9 Å². The maximum Gasteiger partial charge on any atom is 0.357 e. The van der Waals surface area contributed by atoms with Crippen molar-refractivity contribution in [2.75, 3.05) is 26.9 Å². The van der Waals surface area contributed by atoms with Crippen LogP contribution in [0.5, 0.6) is 0 Å². The zero-order chi connectivity index (χ0) is 69.0. The fraction of sp³-hybridized carbons (Fsp3) is 0.309. The van der Waals surface area contributed by atoms with Crippen molar-refractivity contribution in [1.82, 2.24) is 4.98 Å². The summed E-state index contributed by atoms with van der Waals surface area (Å²) in [5.41, 5.74) is 5.30. The SMILES string of the molecule is CO[C@H]1O[C@H](CO[C@@H]2O[C@H](COC(=O)c3ccccc3)[C@@H](OC(=O)c3ccccc3)[C@H](O[C@@H]3O[C@@H]4COC(c5ccccc5)O[C@H]4[C@H](OC(=O)c4ccccn4)[C@@H]3OCc3ccccc3)[C@@H]2OCc2ccccc2)[C@@H](OCc2ccccc2)[C@H](OCc2ccccc2)[C@H]1OCc1ccccc1. The van der Waals surface area contributed by atoms with Crippen LogP contribution in [0.4, 0.5) is 0 Å². The molecule has 16 atom stereocenters. The summed E-state index contributed by atoms with van der Waals surface area (Å²) >= 11 is 0. The summed E-state index contributed by atoms with van der Waals surface area (Å²) in [7, 11) is 1.53. The lowest BCUT2D eigenvalue weighted by molar-refractivity contribution is -0.393. The maximum absolute atomic E-state index is 15.0. The maximum atomic E-state index is 15.0. The Hall–Kier alpha value is -9.20. The predicted molar refractivity (Wildman–Crippen MR) is 365 cm³/mol. The van der Waals surface area contributed by atoms with E-state index in [4.69, 9.17) is 75.8 Å². The molecular weight excluding hydrogens is 1290 g/mol. The molecule has 0 amide bonds. The minimum absolute atomic E-state index is 0.0110. The Morgan fingerprint density at radius 1 is 0.376 bits per heavy atom. The number of carbonyl (C=O) groups excluding carboxylic acids is 3. The van der Waals surface area contributed by atoms with Crippen LogP contribution in [0.3, 0.4) is 0 Å². The molecule has 4 aliphatic heterocycles. The number of methoxy groups -OCH3 is 1. The summed E-state index contributed by atoms with van der Waals surface area (Å²) in [6.07, 6.45) is -17.9. The summed E-state index contributed by atoms with van der Waals surface area (Å²) in [5.74, 6) is -2.28. The number of carbonyl (C=O) groups is 3. The number of nitrogens with zero attached hydrogens (tertiary/aromatic N) is 1. The number of aromatic nitrogens is 1. The molecule has 1 unspecified atom stereocenters. The quantitative estimate of drug-likeness (QED) is 0.0315. The molecule has 4 aliphatic rings. The van der Waals surface area contributed by atoms with Crippen molar-refractivity contribution < 1.29 is 90.2 Å². The van der Waals surface area contributed by atoms with Crippen LogP contribution in [-0.4, -0.2) is 142 Å². The first kappa shape index (κ1) is 70.2. The van der Waals surface area contributed by atoms with E-state index in [1.807, 2.05) is 182 Å².